The third-order valence-corrected chi connectivity index (χ3v) is 5.02. The van der Waals surface area contributed by atoms with E-state index in [1.807, 2.05) is 18.2 Å². The molecule has 0 bridgehead atoms. The van der Waals surface area contributed by atoms with Crippen molar-refractivity contribution in [1.82, 2.24) is 5.32 Å². The molecule has 1 saturated heterocycles. The quantitative estimate of drug-likeness (QED) is 0.325. The molecule has 0 amide bonds. The Hall–Kier alpha value is -1.40. The summed E-state index contributed by atoms with van der Waals surface area (Å²) in [6.07, 6.45) is 3.99. The Morgan fingerprint density at radius 1 is 1.52 bits per heavy atom. The minimum atomic E-state index is 0.0662. The molecule has 1 aliphatic heterocycles. The summed E-state index contributed by atoms with van der Waals surface area (Å²) in [5, 5.41) is 16.1. The summed E-state index contributed by atoms with van der Waals surface area (Å²) in [4.78, 5) is 0. The summed E-state index contributed by atoms with van der Waals surface area (Å²) < 4.78 is 5.23. The maximum absolute atomic E-state index is 8.83. The van der Waals surface area contributed by atoms with Crippen molar-refractivity contribution < 1.29 is 9.94 Å². The maximum atomic E-state index is 8.83. The zero-order chi connectivity index (χ0) is 15.1. The number of methoxy groups -OCH3 is 1. The standard InChI is InChI=1S/C15H23N3O2S/c1-20-14-6-5-11(8-13(14)15(16)18-19)9-17-10-12-4-2-3-7-21-12/h5-6,8,12,17,19H,2-4,7,9-10H2,1H3,(H2,16,18). The first-order valence-electron chi connectivity index (χ1n) is 7.21. The Balaban J connectivity index is 1.93. The van der Waals surface area contributed by atoms with E-state index in [0.29, 0.717) is 11.3 Å². The summed E-state index contributed by atoms with van der Waals surface area (Å²) in [5.74, 6) is 1.95. The highest BCUT2D eigenvalue weighted by molar-refractivity contribution is 7.99. The van der Waals surface area contributed by atoms with Crippen molar-refractivity contribution in [2.24, 2.45) is 10.9 Å². The molecule has 1 aliphatic rings. The Morgan fingerprint density at radius 2 is 2.38 bits per heavy atom. The molecule has 0 radical (unpaired) electrons. The summed E-state index contributed by atoms with van der Waals surface area (Å²) in [7, 11) is 1.57. The number of hydrogen-bond acceptors (Lipinski definition) is 5. The van der Waals surface area contributed by atoms with Crippen LogP contribution in [0.25, 0.3) is 0 Å². The van der Waals surface area contributed by atoms with Crippen molar-refractivity contribution in [1.29, 1.82) is 0 Å². The fourth-order valence-corrected chi connectivity index (χ4v) is 3.74. The van der Waals surface area contributed by atoms with Gasteiger partial charge in [-0.2, -0.15) is 11.8 Å². The highest BCUT2D eigenvalue weighted by Gasteiger charge is 2.13. The van der Waals surface area contributed by atoms with Crippen LogP contribution in [-0.4, -0.2) is 35.7 Å². The predicted molar refractivity (Wildman–Crippen MR) is 87.3 cm³/mol. The number of benzene rings is 1. The van der Waals surface area contributed by atoms with Crippen LogP contribution in [0.5, 0.6) is 5.75 Å². The molecule has 0 saturated carbocycles. The summed E-state index contributed by atoms with van der Waals surface area (Å²) in [6, 6.07) is 5.74. The van der Waals surface area contributed by atoms with E-state index in [0.717, 1.165) is 23.9 Å². The molecule has 5 nitrogen and oxygen atoms in total. The third kappa shape index (κ3) is 4.54. The first-order valence-corrected chi connectivity index (χ1v) is 8.26. The van der Waals surface area contributed by atoms with Crippen molar-refractivity contribution in [2.75, 3.05) is 19.4 Å². The van der Waals surface area contributed by atoms with Gasteiger partial charge in [0.15, 0.2) is 5.84 Å². The molecule has 4 N–H and O–H groups in total. The number of nitrogens with zero attached hydrogens (tertiary/aromatic N) is 1. The van der Waals surface area contributed by atoms with E-state index >= 15 is 0 Å². The second-order valence-corrected chi connectivity index (χ2v) is 6.55. The Bertz CT molecular complexity index is 488. The van der Waals surface area contributed by atoms with Gasteiger partial charge < -0.3 is 21.0 Å². The number of oxime groups is 1. The monoisotopic (exact) mass is 309 g/mol. The van der Waals surface area contributed by atoms with Crippen LogP contribution < -0.4 is 15.8 Å². The SMILES string of the molecule is COc1ccc(CNCC2CCCCS2)cc1/C(N)=N/O. The molecule has 1 aromatic carbocycles. The van der Waals surface area contributed by atoms with Crippen LogP contribution in [0.4, 0.5) is 0 Å². The van der Waals surface area contributed by atoms with Crippen molar-refractivity contribution in [3.63, 3.8) is 0 Å². The molecule has 1 atom stereocenters. The van der Waals surface area contributed by atoms with E-state index in [-0.39, 0.29) is 5.84 Å². The average Bonchev–Trinajstić information content (AvgIpc) is 2.55. The van der Waals surface area contributed by atoms with E-state index < -0.39 is 0 Å². The average molecular weight is 309 g/mol. The number of nitrogens with two attached hydrogens (primary N) is 1. The van der Waals surface area contributed by atoms with E-state index in [1.54, 1.807) is 7.11 Å². The largest absolute Gasteiger partial charge is 0.496 e. The molecular weight excluding hydrogens is 286 g/mol. The lowest BCUT2D eigenvalue weighted by atomic mass is 10.1. The maximum Gasteiger partial charge on any atom is 0.173 e. The van der Waals surface area contributed by atoms with Crippen molar-refractivity contribution in [3.05, 3.63) is 29.3 Å². The fourth-order valence-electron chi connectivity index (χ4n) is 2.47. The van der Waals surface area contributed by atoms with Crippen LogP contribution in [0.2, 0.25) is 0 Å². The first-order chi connectivity index (χ1) is 10.2. The summed E-state index contributed by atoms with van der Waals surface area (Å²) >= 11 is 2.06. The van der Waals surface area contributed by atoms with Gasteiger partial charge in [-0.05, 0) is 36.3 Å². The van der Waals surface area contributed by atoms with Crippen LogP contribution in [0, 0.1) is 0 Å². The molecule has 6 heteroatoms. The van der Waals surface area contributed by atoms with Gasteiger partial charge in [0.2, 0.25) is 0 Å². The minimum absolute atomic E-state index is 0.0662. The van der Waals surface area contributed by atoms with E-state index in [2.05, 4.69) is 22.2 Å². The predicted octanol–water partition coefficient (Wildman–Crippen LogP) is 2.17. The molecule has 1 unspecified atom stereocenters. The van der Waals surface area contributed by atoms with Gasteiger partial charge in [-0.15, -0.1) is 0 Å². The van der Waals surface area contributed by atoms with E-state index in [1.165, 1.54) is 25.0 Å². The number of hydrogen-bond donors (Lipinski definition) is 3. The molecular formula is C15H23N3O2S. The van der Waals surface area contributed by atoms with Gasteiger partial charge in [0.05, 0.1) is 12.7 Å². The van der Waals surface area contributed by atoms with Gasteiger partial charge in [0.1, 0.15) is 5.75 Å². The van der Waals surface area contributed by atoms with Gasteiger partial charge in [-0.25, -0.2) is 0 Å². The summed E-state index contributed by atoms with van der Waals surface area (Å²) in [5.41, 5.74) is 7.39. The molecule has 0 aliphatic carbocycles. The van der Waals surface area contributed by atoms with Crippen LogP contribution in [-0.2, 0) is 6.54 Å². The molecule has 0 aromatic heterocycles. The zero-order valence-electron chi connectivity index (χ0n) is 12.3. The highest BCUT2D eigenvalue weighted by Crippen LogP contribution is 2.24. The fraction of sp³-hybridized carbons (Fsp3) is 0.533. The molecule has 116 valence electrons. The molecule has 1 fully saturated rings. The van der Waals surface area contributed by atoms with Crippen LogP contribution in [0.15, 0.2) is 23.4 Å². The Morgan fingerprint density at radius 3 is 3.05 bits per heavy atom. The lowest BCUT2D eigenvalue weighted by molar-refractivity contribution is 0.318. The highest BCUT2D eigenvalue weighted by atomic mass is 32.2. The molecule has 1 heterocycles. The van der Waals surface area contributed by atoms with E-state index in [4.69, 9.17) is 15.7 Å². The Kier molecular flexibility index (Phi) is 6.20. The van der Waals surface area contributed by atoms with Gasteiger partial charge >= 0.3 is 0 Å². The van der Waals surface area contributed by atoms with Crippen LogP contribution in [0.1, 0.15) is 30.4 Å². The molecule has 1 aromatic rings. The number of thioether (sulfide) groups is 1. The van der Waals surface area contributed by atoms with E-state index in [9.17, 15) is 0 Å². The second kappa shape index (κ2) is 8.14. The number of amidine groups is 1. The molecule has 2 rings (SSSR count). The van der Waals surface area contributed by atoms with Crippen molar-refractivity contribution in [3.8, 4) is 5.75 Å². The second-order valence-electron chi connectivity index (χ2n) is 5.14. The molecule has 21 heavy (non-hydrogen) atoms. The first kappa shape index (κ1) is 16.0. The zero-order valence-corrected chi connectivity index (χ0v) is 13.2. The smallest absolute Gasteiger partial charge is 0.173 e. The summed E-state index contributed by atoms with van der Waals surface area (Å²) in [6.45, 7) is 1.79. The normalized spacial score (nSPS) is 19.5. The van der Waals surface area contributed by atoms with Crippen molar-refractivity contribution >= 4 is 17.6 Å². The minimum Gasteiger partial charge on any atom is -0.496 e. The number of rotatable bonds is 6. The van der Waals surface area contributed by atoms with Gasteiger partial charge in [-0.3, -0.25) is 0 Å². The third-order valence-electron chi connectivity index (χ3n) is 3.62. The van der Waals surface area contributed by atoms with Crippen LogP contribution in [0.3, 0.4) is 0 Å². The molecule has 0 spiro atoms. The Labute approximate surface area is 129 Å². The number of nitrogens with one attached hydrogen (secondary N) is 1. The van der Waals surface area contributed by atoms with Crippen molar-refractivity contribution in [2.45, 2.75) is 31.1 Å². The van der Waals surface area contributed by atoms with Crippen LogP contribution >= 0.6 is 11.8 Å². The van der Waals surface area contributed by atoms with Gasteiger partial charge in [0.25, 0.3) is 0 Å². The topological polar surface area (TPSA) is 79.9 Å². The lowest BCUT2D eigenvalue weighted by Crippen LogP contribution is -2.26. The number of ether oxygens (including phenoxy) is 1. The van der Waals surface area contributed by atoms with Gasteiger partial charge in [-0.1, -0.05) is 17.6 Å². The lowest BCUT2D eigenvalue weighted by Gasteiger charge is -2.21. The van der Waals surface area contributed by atoms with Gasteiger partial charge in [0, 0.05) is 18.3 Å².